The first-order valence-electron chi connectivity index (χ1n) is 12.0. The summed E-state index contributed by atoms with van der Waals surface area (Å²) in [5, 5.41) is 5.49. The summed E-state index contributed by atoms with van der Waals surface area (Å²) in [6, 6.07) is 33.1. The molecule has 0 aliphatic heterocycles. The van der Waals surface area contributed by atoms with Crippen molar-refractivity contribution in [3.8, 4) is 11.1 Å². The van der Waals surface area contributed by atoms with Crippen molar-refractivity contribution in [1.29, 1.82) is 0 Å². The number of aryl methyl sites for hydroxylation is 2. The topological polar surface area (TPSA) is 0 Å². The van der Waals surface area contributed by atoms with Gasteiger partial charge in [0.1, 0.15) is 0 Å². The Morgan fingerprint density at radius 1 is 0.789 bits per heavy atom. The third kappa shape index (κ3) is 9.63. The fraction of sp³-hybridized carbons (Fsp3) is 0.235. The van der Waals surface area contributed by atoms with Gasteiger partial charge in [0.2, 0.25) is 0 Å². The third-order valence-corrected chi connectivity index (χ3v) is 6.25. The summed E-state index contributed by atoms with van der Waals surface area (Å²) in [7, 11) is 0. The molecule has 0 atom stereocenters. The molecule has 0 nitrogen and oxygen atoms in total. The molecule has 0 saturated carbocycles. The molecule has 5 rings (SSSR count). The van der Waals surface area contributed by atoms with Crippen LogP contribution in [0.5, 0.6) is 0 Å². The molecule has 0 N–H and O–H groups in total. The van der Waals surface area contributed by atoms with Crippen molar-refractivity contribution in [2.24, 2.45) is 0 Å². The van der Waals surface area contributed by atoms with Gasteiger partial charge in [0.15, 0.2) is 0 Å². The van der Waals surface area contributed by atoms with Gasteiger partial charge in [-0.25, -0.2) is 0 Å². The molecule has 4 heteroatoms. The first-order valence-corrected chi connectivity index (χ1v) is 16.2. The summed E-state index contributed by atoms with van der Waals surface area (Å²) in [5.74, 6) is 0. The summed E-state index contributed by atoms with van der Waals surface area (Å²) in [6.07, 6.45) is 2.43. The average Bonchev–Trinajstić information content (AvgIpc) is 3.43. The van der Waals surface area contributed by atoms with Crippen molar-refractivity contribution in [1.82, 2.24) is 0 Å². The molecule has 0 amide bonds. The van der Waals surface area contributed by atoms with Crippen molar-refractivity contribution in [2.45, 2.75) is 52.9 Å². The quantitative estimate of drug-likeness (QED) is 0.136. The molecule has 5 aromatic rings. The van der Waals surface area contributed by atoms with Crippen molar-refractivity contribution in [3.63, 3.8) is 0 Å². The number of rotatable bonds is 3. The van der Waals surface area contributed by atoms with Gasteiger partial charge in [0.25, 0.3) is 0 Å². The zero-order valence-corrected chi connectivity index (χ0v) is 29.0. The maximum absolute atomic E-state index is 3.06. The van der Waals surface area contributed by atoms with E-state index in [0.29, 0.717) is 0 Å². The van der Waals surface area contributed by atoms with Gasteiger partial charge in [-0.3, -0.25) is 0 Å². The van der Waals surface area contributed by atoms with Crippen LogP contribution >= 0.6 is 24.8 Å². The second-order valence-electron chi connectivity index (χ2n) is 9.86. The summed E-state index contributed by atoms with van der Waals surface area (Å²) in [6.45, 7) is 14.2. The third-order valence-electron chi connectivity index (χ3n) is 6.25. The van der Waals surface area contributed by atoms with Crippen LogP contribution in [0, 0.1) is 21.8 Å². The molecule has 0 aliphatic carbocycles. The van der Waals surface area contributed by atoms with Crippen molar-refractivity contribution in [3.05, 3.63) is 123 Å². The molecule has 0 bridgehead atoms. The Morgan fingerprint density at radius 3 is 2.00 bits per heavy atom. The van der Waals surface area contributed by atoms with E-state index >= 15 is 0 Å². The van der Waals surface area contributed by atoms with Gasteiger partial charge >= 0.3 is 30.2 Å². The van der Waals surface area contributed by atoms with E-state index in [1.54, 1.807) is 0 Å². The van der Waals surface area contributed by atoms with Gasteiger partial charge in [0.05, 0.1) is 0 Å². The summed E-state index contributed by atoms with van der Waals surface area (Å²) in [5.41, 5.74) is 7.05. The van der Waals surface area contributed by atoms with Gasteiger partial charge in [-0.15, -0.1) is 100 Å². The maximum atomic E-state index is 3.06. The van der Waals surface area contributed by atoms with Crippen LogP contribution in [0.4, 0.5) is 0 Å². The normalized spacial score (nSPS) is 9.79. The minimum atomic E-state index is 0. The fourth-order valence-corrected chi connectivity index (χ4v) is 4.49. The average molecular weight is 641 g/mol. The van der Waals surface area contributed by atoms with E-state index in [-0.39, 0.29) is 45.1 Å². The molecule has 0 fully saturated rings. The summed E-state index contributed by atoms with van der Waals surface area (Å²) >= 11 is 1.36. The zero-order valence-electron chi connectivity index (χ0n) is 23.9. The van der Waals surface area contributed by atoms with Crippen LogP contribution in [-0.4, -0.2) is 6.88 Å². The molecule has 0 spiro atoms. The molecule has 5 aromatic carbocycles. The van der Waals surface area contributed by atoms with E-state index in [4.69, 9.17) is 0 Å². The molecular formula is C34H42Cl2SiZr-4. The van der Waals surface area contributed by atoms with Crippen LogP contribution in [0.3, 0.4) is 0 Å². The first kappa shape index (κ1) is 38.7. The second-order valence-corrected chi connectivity index (χ2v) is 9.86. The monoisotopic (exact) mass is 638 g/mol. The van der Waals surface area contributed by atoms with Gasteiger partial charge in [0, 0.05) is 0 Å². The summed E-state index contributed by atoms with van der Waals surface area (Å²) < 4.78 is 0. The predicted octanol–water partition coefficient (Wildman–Crippen LogP) is 10.7. The van der Waals surface area contributed by atoms with Crippen LogP contribution in [0.15, 0.2) is 91.0 Å². The van der Waals surface area contributed by atoms with Crippen LogP contribution in [0.25, 0.3) is 32.7 Å². The molecule has 38 heavy (non-hydrogen) atoms. The van der Waals surface area contributed by atoms with Gasteiger partial charge in [-0.05, 0) is 16.5 Å². The van der Waals surface area contributed by atoms with E-state index in [0.717, 1.165) is 0 Å². The van der Waals surface area contributed by atoms with Crippen LogP contribution < -0.4 is 0 Å². The number of hydrogen-bond donors (Lipinski definition) is 0. The fourth-order valence-electron chi connectivity index (χ4n) is 4.49. The minimum absolute atomic E-state index is 0. The van der Waals surface area contributed by atoms with Crippen molar-refractivity contribution >= 4 is 53.2 Å². The molecule has 0 heterocycles. The Balaban J connectivity index is 0. The Kier molecular flexibility index (Phi) is 18.3. The van der Waals surface area contributed by atoms with E-state index in [2.05, 4.69) is 132 Å². The van der Waals surface area contributed by atoms with Gasteiger partial charge in [-0.1, -0.05) is 89.4 Å². The van der Waals surface area contributed by atoms with Crippen molar-refractivity contribution in [2.75, 3.05) is 0 Å². The van der Waals surface area contributed by atoms with Crippen molar-refractivity contribution < 1.29 is 23.3 Å². The number of halogens is 2. The van der Waals surface area contributed by atoms with Crippen LogP contribution in [-0.2, 0) is 35.2 Å². The van der Waals surface area contributed by atoms with E-state index in [1.165, 1.54) is 85.5 Å². The van der Waals surface area contributed by atoms with Gasteiger partial charge in [-0.2, -0.15) is 11.6 Å². The van der Waals surface area contributed by atoms with E-state index < -0.39 is 0 Å². The molecule has 0 unspecified atom stereocenters. The van der Waals surface area contributed by atoms with Crippen LogP contribution in [0.2, 0.25) is 0 Å². The first-order chi connectivity index (χ1) is 16.4. The Hall–Kier alpha value is -1.44. The molecule has 0 aromatic heterocycles. The number of fused-ring (bicyclic) bond motifs is 2. The Bertz CT molecular complexity index is 1340. The Labute approximate surface area is 261 Å². The molecule has 0 saturated heterocycles. The zero-order chi connectivity index (χ0) is 24.7. The molecule has 0 aliphatic rings. The van der Waals surface area contributed by atoms with Crippen LogP contribution in [0.1, 0.15) is 50.8 Å². The molecule has 2 radical (unpaired) electrons. The van der Waals surface area contributed by atoms with Gasteiger partial charge < -0.3 is 14.9 Å². The number of benzene rings is 3. The SMILES string of the molecule is CCCc1c[cH-]c2ccccc12.Cc1cc2c(-c3ccc(C(C)(C)C)cc3)cccc2[cH-]1.Cl.Cl.[CH3-].[CH3-].[Si]=[Zr]. The summed E-state index contributed by atoms with van der Waals surface area (Å²) in [4.78, 5) is 0. The molecule has 204 valence electrons. The van der Waals surface area contributed by atoms with E-state index in [9.17, 15) is 0 Å². The second kappa shape index (κ2) is 18.0. The predicted molar refractivity (Wildman–Crippen MR) is 175 cm³/mol. The molecular weight excluding hydrogens is 599 g/mol. The standard InChI is InChI=1S/C20H21.C12H13.2CH3.2ClH.Si.Zr/c1-14-12-16-6-5-7-18(19(16)13-14)15-8-10-17(11-9-15)20(2,3)4;1-2-5-10-8-9-11-6-3-4-7-12(10)11;;;;;;/h5-13H,1-4H3;3-4,6-9H,2,5H2,1H3;2*1H3;2*1H;;/q4*-1;;;;. The number of hydrogen-bond acceptors (Lipinski definition) is 0. The van der Waals surface area contributed by atoms with E-state index in [1.807, 2.05) is 0 Å². The Morgan fingerprint density at radius 2 is 1.39 bits per heavy atom.